The molecule has 0 aliphatic carbocycles. The van der Waals surface area contributed by atoms with Gasteiger partial charge in [0, 0.05) is 39.1 Å². The highest BCUT2D eigenvalue weighted by Gasteiger charge is 2.26. The molecule has 0 radical (unpaired) electrons. The molecule has 10 aromatic carbocycles. The van der Waals surface area contributed by atoms with Gasteiger partial charge < -0.3 is 9.47 Å². The van der Waals surface area contributed by atoms with Crippen molar-refractivity contribution >= 4 is 49.5 Å². The van der Waals surface area contributed by atoms with Crippen LogP contribution in [0.5, 0.6) is 0 Å². The SMILES string of the molecule is c1ccc(-c2ccc(N(c3ccc(-c4ccccc4)cc3)c3ccc4c(c3)c3ccccc3c3c4c(-c4ccccc4)c(-c4ccccc4)n3-c3ccccc3)cc2)cc1. The van der Waals surface area contributed by atoms with Crippen molar-refractivity contribution in [1.29, 1.82) is 0 Å². The van der Waals surface area contributed by atoms with Gasteiger partial charge in [-0.1, -0.05) is 194 Å². The van der Waals surface area contributed by atoms with E-state index >= 15 is 0 Å². The van der Waals surface area contributed by atoms with Crippen LogP contribution in [-0.2, 0) is 0 Å². The first-order valence-corrected chi connectivity index (χ1v) is 20.6. The lowest BCUT2D eigenvalue weighted by Crippen LogP contribution is -2.10. The Morgan fingerprint density at radius 2 is 0.700 bits per heavy atom. The molecule has 2 nitrogen and oxygen atoms in total. The van der Waals surface area contributed by atoms with Crippen LogP contribution in [0.2, 0.25) is 0 Å². The van der Waals surface area contributed by atoms with E-state index in [9.17, 15) is 0 Å². The Kier molecular flexibility index (Phi) is 8.87. The van der Waals surface area contributed by atoms with Gasteiger partial charge in [0.25, 0.3) is 0 Å². The molecule has 11 rings (SSSR count). The number of benzene rings is 10. The summed E-state index contributed by atoms with van der Waals surface area (Å²) in [5.74, 6) is 0. The molecular weight excluding hydrogens is 725 g/mol. The van der Waals surface area contributed by atoms with E-state index in [1.807, 2.05) is 0 Å². The van der Waals surface area contributed by atoms with E-state index in [-0.39, 0.29) is 0 Å². The molecule has 0 spiro atoms. The maximum atomic E-state index is 2.50. The van der Waals surface area contributed by atoms with Gasteiger partial charge in [0.05, 0.1) is 11.2 Å². The second-order valence-electron chi connectivity index (χ2n) is 15.3. The lowest BCUT2D eigenvalue weighted by molar-refractivity contribution is 1.14. The maximum absolute atomic E-state index is 2.50. The Bertz CT molecular complexity index is 3160. The van der Waals surface area contributed by atoms with Crippen molar-refractivity contribution in [2.45, 2.75) is 0 Å². The van der Waals surface area contributed by atoms with Crippen molar-refractivity contribution in [2.75, 3.05) is 4.90 Å². The second kappa shape index (κ2) is 15.1. The molecule has 0 N–H and O–H groups in total. The molecule has 0 saturated carbocycles. The minimum Gasteiger partial charge on any atom is -0.310 e. The number of hydrogen-bond donors (Lipinski definition) is 0. The van der Waals surface area contributed by atoms with Crippen LogP contribution in [0.3, 0.4) is 0 Å². The van der Waals surface area contributed by atoms with Crippen molar-refractivity contribution < 1.29 is 0 Å². The van der Waals surface area contributed by atoms with Crippen LogP contribution >= 0.6 is 0 Å². The van der Waals surface area contributed by atoms with Crippen molar-refractivity contribution in [3.05, 3.63) is 243 Å². The first-order valence-electron chi connectivity index (χ1n) is 20.6. The van der Waals surface area contributed by atoms with E-state index in [2.05, 4.69) is 252 Å². The summed E-state index contributed by atoms with van der Waals surface area (Å²) in [4.78, 5) is 2.39. The Morgan fingerprint density at radius 3 is 1.23 bits per heavy atom. The Morgan fingerprint density at radius 1 is 0.283 bits per heavy atom. The van der Waals surface area contributed by atoms with Crippen molar-refractivity contribution in [2.24, 2.45) is 0 Å². The van der Waals surface area contributed by atoms with E-state index in [1.165, 1.54) is 77.1 Å². The number of aromatic nitrogens is 1. The molecule has 0 atom stereocenters. The minimum atomic E-state index is 1.10. The van der Waals surface area contributed by atoms with Crippen LogP contribution in [0.1, 0.15) is 0 Å². The highest BCUT2D eigenvalue weighted by atomic mass is 15.1. The molecule has 2 heteroatoms. The molecular formula is C58H40N2. The zero-order chi connectivity index (χ0) is 39.8. The largest absolute Gasteiger partial charge is 0.310 e. The maximum Gasteiger partial charge on any atom is 0.0626 e. The molecule has 0 aliphatic heterocycles. The normalized spacial score (nSPS) is 11.3. The van der Waals surface area contributed by atoms with Gasteiger partial charge in [-0.25, -0.2) is 0 Å². The molecule has 0 bridgehead atoms. The Labute approximate surface area is 350 Å². The fourth-order valence-electron chi connectivity index (χ4n) is 9.03. The van der Waals surface area contributed by atoms with E-state index in [0.717, 1.165) is 22.7 Å². The molecule has 0 aliphatic rings. The topological polar surface area (TPSA) is 8.17 Å². The average Bonchev–Trinajstić information content (AvgIpc) is 3.70. The summed E-state index contributed by atoms with van der Waals surface area (Å²) >= 11 is 0. The van der Waals surface area contributed by atoms with Gasteiger partial charge in [-0.3, -0.25) is 0 Å². The van der Waals surface area contributed by atoms with E-state index in [1.54, 1.807) is 0 Å². The smallest absolute Gasteiger partial charge is 0.0626 e. The monoisotopic (exact) mass is 764 g/mol. The van der Waals surface area contributed by atoms with Crippen molar-refractivity contribution in [3.63, 3.8) is 0 Å². The standard InChI is InChI=1S/C58H40N2/c1-6-18-41(19-7-1)43-30-34-48(35-31-43)59(49-36-32-44(33-37-49)42-20-8-2-9-21-42)50-38-39-52-54(40-50)51-28-16-17-29-53(51)58-56(52)55(45-22-10-3-11-23-45)57(46-24-12-4-13-25-46)60(58)47-26-14-5-15-27-47/h1-40H. The number of nitrogens with zero attached hydrogens (tertiary/aromatic N) is 2. The van der Waals surface area contributed by atoms with Crippen LogP contribution in [0, 0.1) is 0 Å². The van der Waals surface area contributed by atoms with E-state index in [0.29, 0.717) is 0 Å². The predicted molar refractivity (Wildman–Crippen MR) is 255 cm³/mol. The summed E-state index contributed by atoms with van der Waals surface area (Å²) < 4.78 is 2.50. The predicted octanol–water partition coefficient (Wildman–Crippen LogP) is 16.1. The van der Waals surface area contributed by atoms with Gasteiger partial charge >= 0.3 is 0 Å². The highest BCUT2D eigenvalue weighted by Crippen LogP contribution is 2.50. The molecule has 0 unspecified atom stereocenters. The lowest BCUT2D eigenvalue weighted by atomic mass is 9.92. The van der Waals surface area contributed by atoms with Crippen molar-refractivity contribution in [1.82, 2.24) is 4.57 Å². The lowest BCUT2D eigenvalue weighted by Gasteiger charge is -2.26. The summed E-state index contributed by atoms with van der Waals surface area (Å²) in [5.41, 5.74) is 15.2. The number of hydrogen-bond acceptors (Lipinski definition) is 1. The van der Waals surface area contributed by atoms with Gasteiger partial charge in [-0.15, -0.1) is 0 Å². The summed E-state index contributed by atoms with van der Waals surface area (Å²) in [6, 6.07) is 87.8. The van der Waals surface area contributed by atoms with Crippen LogP contribution in [-0.4, -0.2) is 4.57 Å². The fraction of sp³-hybridized carbons (Fsp3) is 0. The van der Waals surface area contributed by atoms with E-state index in [4.69, 9.17) is 0 Å². The average molecular weight is 765 g/mol. The first-order chi connectivity index (χ1) is 29.8. The van der Waals surface area contributed by atoms with E-state index < -0.39 is 0 Å². The van der Waals surface area contributed by atoms with Crippen LogP contribution in [0.25, 0.3) is 82.8 Å². The van der Waals surface area contributed by atoms with Crippen LogP contribution in [0.15, 0.2) is 243 Å². The number of para-hydroxylation sites is 1. The number of anilines is 3. The van der Waals surface area contributed by atoms with Gasteiger partial charge in [0.2, 0.25) is 0 Å². The Hall–Kier alpha value is -7.94. The number of rotatable bonds is 8. The van der Waals surface area contributed by atoms with Crippen LogP contribution < -0.4 is 4.90 Å². The highest BCUT2D eigenvalue weighted by molar-refractivity contribution is 6.30. The third-order valence-electron chi connectivity index (χ3n) is 11.8. The third-order valence-corrected chi connectivity index (χ3v) is 11.8. The minimum absolute atomic E-state index is 1.10. The zero-order valence-corrected chi connectivity index (χ0v) is 33.0. The quantitative estimate of drug-likeness (QED) is 0.140. The Balaban J connectivity index is 1.20. The third kappa shape index (κ3) is 6.14. The summed E-state index contributed by atoms with van der Waals surface area (Å²) in [5, 5.41) is 6.11. The van der Waals surface area contributed by atoms with Gasteiger partial charge in [-0.05, 0) is 98.1 Å². The van der Waals surface area contributed by atoms with Gasteiger partial charge in [0.1, 0.15) is 0 Å². The first kappa shape index (κ1) is 35.2. The zero-order valence-electron chi connectivity index (χ0n) is 33.0. The second-order valence-corrected chi connectivity index (χ2v) is 15.3. The molecule has 0 amide bonds. The summed E-state index contributed by atoms with van der Waals surface area (Å²) in [6.07, 6.45) is 0. The molecule has 0 fully saturated rings. The molecule has 1 aromatic heterocycles. The molecule has 60 heavy (non-hydrogen) atoms. The fourth-order valence-corrected chi connectivity index (χ4v) is 9.03. The van der Waals surface area contributed by atoms with Gasteiger partial charge in [-0.2, -0.15) is 0 Å². The summed E-state index contributed by atoms with van der Waals surface area (Å²) in [6.45, 7) is 0. The van der Waals surface area contributed by atoms with Crippen LogP contribution in [0.4, 0.5) is 17.1 Å². The van der Waals surface area contributed by atoms with Gasteiger partial charge in [0.15, 0.2) is 0 Å². The molecule has 1 heterocycles. The molecule has 282 valence electrons. The number of fused-ring (bicyclic) bond motifs is 6. The molecule has 11 aromatic rings. The summed E-state index contributed by atoms with van der Waals surface area (Å²) in [7, 11) is 0. The van der Waals surface area contributed by atoms with Crippen molar-refractivity contribution in [3.8, 4) is 50.3 Å². The molecule has 0 saturated heterocycles.